The van der Waals surface area contributed by atoms with Gasteiger partial charge in [0.15, 0.2) is 0 Å². The highest BCUT2D eigenvalue weighted by Gasteiger charge is 2.18. The second-order valence-corrected chi connectivity index (χ2v) is 4.84. The minimum atomic E-state index is -1.24. The quantitative estimate of drug-likeness (QED) is 0.561. The summed E-state index contributed by atoms with van der Waals surface area (Å²) in [6, 6.07) is -1.23. The van der Waals surface area contributed by atoms with Crippen LogP contribution in [0.3, 0.4) is 0 Å². The Balaban J connectivity index is 3.82. The number of carbonyl (C=O) groups excluding carboxylic acids is 2. The van der Waals surface area contributed by atoms with E-state index < -0.39 is 29.5 Å². The molecule has 7 heteroatoms. The molecule has 0 aromatic heterocycles. The first-order valence-electron chi connectivity index (χ1n) is 5.59. The molecular weight excluding hydrogens is 240 g/mol. The number of carbonyl (C=O) groups is 3. The molecular formula is C11H20N2O5. The third-order valence-electron chi connectivity index (χ3n) is 1.79. The van der Waals surface area contributed by atoms with E-state index in [0.29, 0.717) is 0 Å². The molecule has 0 heterocycles. The highest BCUT2D eigenvalue weighted by atomic mass is 16.6. The topological polar surface area (TPSA) is 119 Å². The van der Waals surface area contributed by atoms with E-state index in [4.69, 9.17) is 15.6 Å². The minimum Gasteiger partial charge on any atom is -0.480 e. The molecule has 0 aliphatic carbocycles. The van der Waals surface area contributed by atoms with Crippen molar-refractivity contribution in [1.82, 2.24) is 5.32 Å². The SMILES string of the molecule is CC(C)(C)OC(=O)CCNC(=O)C[C@H](N)C(=O)O. The predicted octanol–water partition coefficient (Wildman–Crippen LogP) is -0.364. The molecule has 0 rings (SSSR count). The average Bonchev–Trinajstić information content (AvgIpc) is 2.14. The molecule has 0 bridgehead atoms. The molecule has 7 nitrogen and oxygen atoms in total. The maximum atomic E-state index is 11.3. The lowest BCUT2D eigenvalue weighted by atomic mass is 10.2. The Morgan fingerprint density at radius 2 is 1.89 bits per heavy atom. The summed E-state index contributed by atoms with van der Waals surface area (Å²) in [6.45, 7) is 5.33. The van der Waals surface area contributed by atoms with Crippen molar-refractivity contribution in [3.05, 3.63) is 0 Å². The highest BCUT2D eigenvalue weighted by Crippen LogP contribution is 2.07. The minimum absolute atomic E-state index is 0.0331. The van der Waals surface area contributed by atoms with Gasteiger partial charge >= 0.3 is 11.9 Å². The van der Waals surface area contributed by atoms with Crippen LogP contribution in [-0.2, 0) is 19.1 Å². The first kappa shape index (κ1) is 16.4. The fourth-order valence-electron chi connectivity index (χ4n) is 1.06. The molecule has 0 fully saturated rings. The van der Waals surface area contributed by atoms with Gasteiger partial charge < -0.3 is 20.9 Å². The third-order valence-corrected chi connectivity index (χ3v) is 1.79. The van der Waals surface area contributed by atoms with E-state index in [1.807, 2.05) is 0 Å². The summed E-state index contributed by atoms with van der Waals surface area (Å²) in [4.78, 5) is 32.9. The van der Waals surface area contributed by atoms with Crippen LogP contribution in [0, 0.1) is 0 Å². The summed E-state index contributed by atoms with van der Waals surface area (Å²) in [5.74, 6) is -2.17. The van der Waals surface area contributed by atoms with Crippen molar-refractivity contribution in [2.24, 2.45) is 5.73 Å². The largest absolute Gasteiger partial charge is 0.480 e. The Hall–Kier alpha value is -1.63. The van der Waals surface area contributed by atoms with Crippen molar-refractivity contribution < 1.29 is 24.2 Å². The van der Waals surface area contributed by atoms with Gasteiger partial charge in [-0.2, -0.15) is 0 Å². The maximum absolute atomic E-state index is 11.3. The number of hydrogen-bond acceptors (Lipinski definition) is 5. The lowest BCUT2D eigenvalue weighted by Gasteiger charge is -2.19. The van der Waals surface area contributed by atoms with Crippen molar-refractivity contribution in [2.75, 3.05) is 6.54 Å². The Labute approximate surface area is 106 Å². The maximum Gasteiger partial charge on any atom is 0.321 e. The lowest BCUT2D eigenvalue weighted by molar-refractivity contribution is -0.154. The van der Waals surface area contributed by atoms with Gasteiger partial charge in [-0.3, -0.25) is 14.4 Å². The van der Waals surface area contributed by atoms with E-state index in [-0.39, 0.29) is 19.4 Å². The van der Waals surface area contributed by atoms with Gasteiger partial charge in [0.25, 0.3) is 0 Å². The summed E-state index contributed by atoms with van der Waals surface area (Å²) >= 11 is 0. The standard InChI is InChI=1S/C11H20N2O5/c1-11(2,3)18-9(15)4-5-13-8(14)6-7(12)10(16)17/h7H,4-6,12H2,1-3H3,(H,13,14)(H,16,17)/t7-/m0/s1. The van der Waals surface area contributed by atoms with E-state index in [1.54, 1.807) is 20.8 Å². The van der Waals surface area contributed by atoms with Gasteiger partial charge in [0.2, 0.25) is 5.91 Å². The second-order valence-electron chi connectivity index (χ2n) is 4.84. The van der Waals surface area contributed by atoms with E-state index in [0.717, 1.165) is 0 Å². The molecule has 1 atom stereocenters. The molecule has 18 heavy (non-hydrogen) atoms. The van der Waals surface area contributed by atoms with Crippen molar-refractivity contribution in [1.29, 1.82) is 0 Å². The van der Waals surface area contributed by atoms with Crippen LogP contribution < -0.4 is 11.1 Å². The van der Waals surface area contributed by atoms with E-state index in [9.17, 15) is 14.4 Å². The van der Waals surface area contributed by atoms with Gasteiger partial charge in [-0.25, -0.2) is 0 Å². The molecule has 0 aliphatic heterocycles. The number of ether oxygens (including phenoxy) is 1. The van der Waals surface area contributed by atoms with Crippen LogP contribution >= 0.6 is 0 Å². The highest BCUT2D eigenvalue weighted by molar-refractivity contribution is 5.84. The summed E-state index contributed by atoms with van der Waals surface area (Å²) in [5, 5.41) is 10.9. The Bertz CT molecular complexity index is 322. The van der Waals surface area contributed by atoms with Gasteiger partial charge in [0.1, 0.15) is 11.6 Å². The third kappa shape index (κ3) is 8.51. The number of nitrogens with two attached hydrogens (primary N) is 1. The number of rotatable bonds is 6. The van der Waals surface area contributed by atoms with E-state index >= 15 is 0 Å². The molecule has 0 saturated heterocycles. The van der Waals surface area contributed by atoms with E-state index in [1.165, 1.54) is 0 Å². The van der Waals surface area contributed by atoms with Crippen molar-refractivity contribution in [3.63, 3.8) is 0 Å². The van der Waals surface area contributed by atoms with Gasteiger partial charge in [0.05, 0.1) is 12.8 Å². The molecule has 4 N–H and O–H groups in total. The van der Waals surface area contributed by atoms with Crippen LogP contribution in [0.4, 0.5) is 0 Å². The molecule has 0 saturated carbocycles. The number of nitrogens with one attached hydrogen (secondary N) is 1. The molecule has 0 aromatic rings. The van der Waals surface area contributed by atoms with Crippen LogP contribution in [-0.4, -0.2) is 41.1 Å². The van der Waals surface area contributed by atoms with Crippen molar-refractivity contribution in [3.8, 4) is 0 Å². The van der Waals surface area contributed by atoms with Crippen LogP contribution in [0.15, 0.2) is 0 Å². The molecule has 0 unspecified atom stereocenters. The number of carboxylic acids is 1. The first-order valence-corrected chi connectivity index (χ1v) is 5.59. The average molecular weight is 260 g/mol. The molecule has 104 valence electrons. The second kappa shape index (κ2) is 6.95. The zero-order valence-corrected chi connectivity index (χ0v) is 10.9. The summed E-state index contributed by atoms with van der Waals surface area (Å²) in [7, 11) is 0. The number of carboxylic acid groups (broad SMARTS) is 1. The summed E-state index contributed by atoms with van der Waals surface area (Å²) in [5.41, 5.74) is 4.62. The Morgan fingerprint density at radius 3 is 2.33 bits per heavy atom. The van der Waals surface area contributed by atoms with Crippen molar-refractivity contribution >= 4 is 17.8 Å². The number of hydrogen-bond donors (Lipinski definition) is 3. The number of esters is 1. The van der Waals surface area contributed by atoms with Gasteiger partial charge in [0, 0.05) is 6.54 Å². The zero-order valence-electron chi connectivity index (χ0n) is 10.9. The Morgan fingerprint density at radius 1 is 1.33 bits per heavy atom. The van der Waals surface area contributed by atoms with Gasteiger partial charge in [-0.05, 0) is 20.8 Å². The molecule has 1 amide bonds. The fraction of sp³-hybridized carbons (Fsp3) is 0.727. The number of amides is 1. The number of aliphatic carboxylic acids is 1. The zero-order chi connectivity index (χ0) is 14.3. The molecule has 0 aromatic carbocycles. The molecule has 0 radical (unpaired) electrons. The lowest BCUT2D eigenvalue weighted by Crippen LogP contribution is -2.37. The smallest absolute Gasteiger partial charge is 0.321 e. The van der Waals surface area contributed by atoms with Crippen LogP contribution in [0.5, 0.6) is 0 Å². The molecule has 0 spiro atoms. The van der Waals surface area contributed by atoms with Crippen molar-refractivity contribution in [2.45, 2.75) is 45.3 Å². The van der Waals surface area contributed by atoms with Gasteiger partial charge in [-0.15, -0.1) is 0 Å². The first-order chi connectivity index (χ1) is 8.11. The van der Waals surface area contributed by atoms with Crippen LogP contribution in [0.2, 0.25) is 0 Å². The van der Waals surface area contributed by atoms with Crippen LogP contribution in [0.25, 0.3) is 0 Å². The molecule has 0 aliphatic rings. The van der Waals surface area contributed by atoms with Gasteiger partial charge in [-0.1, -0.05) is 0 Å². The summed E-state index contributed by atoms with van der Waals surface area (Å²) in [6.07, 6.45) is -0.283. The van der Waals surface area contributed by atoms with Crippen LogP contribution in [0.1, 0.15) is 33.6 Å². The fourth-order valence-corrected chi connectivity index (χ4v) is 1.06. The summed E-state index contributed by atoms with van der Waals surface area (Å²) < 4.78 is 5.03. The van der Waals surface area contributed by atoms with E-state index in [2.05, 4.69) is 5.32 Å². The monoisotopic (exact) mass is 260 g/mol. The predicted molar refractivity (Wildman–Crippen MR) is 63.7 cm³/mol. The normalized spacial score (nSPS) is 12.7. The Kier molecular flexibility index (Phi) is 6.32.